The zero-order valence-electron chi connectivity index (χ0n) is 19.9. The Morgan fingerprint density at radius 3 is 1.57 bits per heavy atom. The van der Waals surface area contributed by atoms with Crippen molar-refractivity contribution in [3.05, 3.63) is 30.3 Å². The molecule has 1 rings (SSSR count). The van der Waals surface area contributed by atoms with E-state index in [0.29, 0.717) is 12.2 Å². The molecule has 0 aliphatic heterocycles. The average Bonchev–Trinajstić information content (AvgIpc) is 2.77. The van der Waals surface area contributed by atoms with Gasteiger partial charge in [0, 0.05) is 20.8 Å². The molecule has 4 nitrogen and oxygen atoms in total. The first-order valence-corrected chi connectivity index (χ1v) is 12.1. The minimum absolute atomic E-state index is 0.123. The van der Waals surface area contributed by atoms with E-state index in [-0.39, 0.29) is 18.8 Å². The second-order valence-electron chi connectivity index (χ2n) is 8.12. The number of para-hydroxylation sites is 1. The summed E-state index contributed by atoms with van der Waals surface area (Å²) in [6.45, 7) is 2.46. The molecule has 2 N–H and O–H groups in total. The molecule has 4 heteroatoms. The van der Waals surface area contributed by atoms with Crippen LogP contribution in [0.5, 0.6) is 5.75 Å². The second kappa shape index (κ2) is 22.6. The Balaban J connectivity index is 0.000001000. The van der Waals surface area contributed by atoms with Gasteiger partial charge in [0.25, 0.3) is 0 Å². The van der Waals surface area contributed by atoms with Crippen LogP contribution >= 0.6 is 0 Å². The molecule has 0 bridgehead atoms. The predicted octanol–water partition coefficient (Wildman–Crippen LogP) is 6.88. The van der Waals surface area contributed by atoms with Gasteiger partial charge in [0.1, 0.15) is 5.75 Å². The summed E-state index contributed by atoms with van der Waals surface area (Å²) in [7, 11) is 3.50. The Kier molecular flexibility index (Phi) is 21.8. The summed E-state index contributed by atoms with van der Waals surface area (Å²) in [4.78, 5) is 0. The van der Waals surface area contributed by atoms with Gasteiger partial charge in [-0.3, -0.25) is 0 Å². The number of aliphatic hydroxyl groups is 1. The van der Waals surface area contributed by atoms with Crippen LogP contribution in [0.3, 0.4) is 0 Å². The summed E-state index contributed by atoms with van der Waals surface area (Å²) in [5.41, 5.74) is 0. The first-order valence-electron chi connectivity index (χ1n) is 12.1. The molecule has 176 valence electrons. The Morgan fingerprint density at radius 2 is 1.17 bits per heavy atom. The standard InChI is InChI=1S/C20H42O3.C6H6O/c1-4-5-6-7-8-9-10-11-12-13-14-15-19(22-2)18-20(23-3)16-17-21;7-6-4-2-1-3-5-6/h19-21H,4-18H2,1-3H3;1-5,7H. The molecule has 2 unspecified atom stereocenters. The molecule has 0 aromatic heterocycles. The van der Waals surface area contributed by atoms with Crippen molar-refractivity contribution in [2.45, 2.75) is 109 Å². The molecule has 0 aliphatic carbocycles. The number of hydrogen-bond acceptors (Lipinski definition) is 4. The van der Waals surface area contributed by atoms with Gasteiger partial charge >= 0.3 is 0 Å². The van der Waals surface area contributed by atoms with E-state index in [1.165, 1.54) is 70.6 Å². The van der Waals surface area contributed by atoms with Crippen LogP contribution < -0.4 is 0 Å². The van der Waals surface area contributed by atoms with Crippen molar-refractivity contribution in [2.75, 3.05) is 20.8 Å². The molecule has 0 spiro atoms. The molecule has 0 amide bonds. The van der Waals surface area contributed by atoms with E-state index in [4.69, 9.17) is 19.7 Å². The lowest BCUT2D eigenvalue weighted by molar-refractivity contribution is 0.00781. The van der Waals surface area contributed by atoms with Crippen molar-refractivity contribution in [2.24, 2.45) is 0 Å². The highest BCUT2D eigenvalue weighted by atomic mass is 16.5. The van der Waals surface area contributed by atoms with Gasteiger partial charge < -0.3 is 19.7 Å². The minimum Gasteiger partial charge on any atom is -0.508 e. The van der Waals surface area contributed by atoms with Crippen LogP contribution in [-0.4, -0.2) is 43.2 Å². The van der Waals surface area contributed by atoms with E-state index >= 15 is 0 Å². The summed E-state index contributed by atoms with van der Waals surface area (Å²) >= 11 is 0. The fraction of sp³-hybridized carbons (Fsp3) is 0.769. The van der Waals surface area contributed by atoms with Crippen molar-refractivity contribution in [1.29, 1.82) is 0 Å². The fourth-order valence-electron chi connectivity index (χ4n) is 3.57. The number of phenols is 1. The highest BCUT2D eigenvalue weighted by molar-refractivity contribution is 5.18. The van der Waals surface area contributed by atoms with E-state index < -0.39 is 0 Å². The normalized spacial score (nSPS) is 12.8. The molecule has 0 heterocycles. The van der Waals surface area contributed by atoms with Crippen molar-refractivity contribution in [1.82, 2.24) is 0 Å². The van der Waals surface area contributed by atoms with Crippen LogP contribution in [0.4, 0.5) is 0 Å². The summed E-state index contributed by atoms with van der Waals surface area (Å²) in [5.74, 6) is 0.322. The maximum absolute atomic E-state index is 9.01. The molecule has 0 saturated heterocycles. The number of ether oxygens (including phenoxy) is 2. The fourth-order valence-corrected chi connectivity index (χ4v) is 3.57. The monoisotopic (exact) mass is 424 g/mol. The number of rotatable bonds is 18. The third kappa shape index (κ3) is 18.9. The Labute approximate surface area is 186 Å². The maximum atomic E-state index is 9.01. The SMILES string of the molecule is CCCCCCCCCCCCCC(CC(CCO)OC)OC.Oc1ccccc1. The van der Waals surface area contributed by atoms with Gasteiger partial charge in [-0.15, -0.1) is 0 Å². The molecule has 30 heavy (non-hydrogen) atoms. The highest BCUT2D eigenvalue weighted by Crippen LogP contribution is 2.17. The lowest BCUT2D eigenvalue weighted by Crippen LogP contribution is -2.22. The molecule has 0 radical (unpaired) electrons. The summed E-state index contributed by atoms with van der Waals surface area (Å²) in [6.07, 6.45) is 18.2. The van der Waals surface area contributed by atoms with E-state index in [9.17, 15) is 0 Å². The van der Waals surface area contributed by atoms with Gasteiger partial charge in [-0.2, -0.15) is 0 Å². The average molecular weight is 425 g/mol. The largest absolute Gasteiger partial charge is 0.508 e. The first kappa shape index (κ1) is 28.9. The number of unbranched alkanes of at least 4 members (excludes halogenated alkanes) is 10. The zero-order chi connectivity index (χ0) is 22.3. The third-order valence-electron chi connectivity index (χ3n) is 5.53. The van der Waals surface area contributed by atoms with Crippen molar-refractivity contribution in [3.63, 3.8) is 0 Å². The van der Waals surface area contributed by atoms with E-state index in [0.717, 1.165) is 12.8 Å². The smallest absolute Gasteiger partial charge is 0.115 e. The lowest BCUT2D eigenvalue weighted by Gasteiger charge is -2.21. The minimum atomic E-state index is 0.123. The van der Waals surface area contributed by atoms with Crippen molar-refractivity contribution >= 4 is 0 Å². The van der Waals surface area contributed by atoms with E-state index in [1.807, 2.05) is 6.07 Å². The van der Waals surface area contributed by atoms with Crippen LogP contribution in [-0.2, 0) is 9.47 Å². The third-order valence-corrected chi connectivity index (χ3v) is 5.53. The lowest BCUT2D eigenvalue weighted by atomic mass is 10.0. The number of aliphatic hydroxyl groups excluding tert-OH is 1. The summed E-state index contributed by atoms with van der Waals surface area (Å²) in [5, 5.41) is 17.6. The quantitative estimate of drug-likeness (QED) is 0.252. The topological polar surface area (TPSA) is 58.9 Å². The van der Waals surface area contributed by atoms with Gasteiger partial charge in [-0.25, -0.2) is 0 Å². The number of aromatic hydroxyl groups is 1. The van der Waals surface area contributed by atoms with E-state index in [2.05, 4.69) is 6.92 Å². The molecule has 0 fully saturated rings. The van der Waals surface area contributed by atoms with Crippen molar-refractivity contribution in [3.8, 4) is 5.75 Å². The van der Waals surface area contributed by atoms with Gasteiger partial charge in [0.2, 0.25) is 0 Å². The van der Waals surface area contributed by atoms with Gasteiger partial charge in [0.05, 0.1) is 12.2 Å². The predicted molar refractivity (Wildman–Crippen MR) is 127 cm³/mol. The van der Waals surface area contributed by atoms with E-state index in [1.54, 1.807) is 38.5 Å². The van der Waals surface area contributed by atoms with Crippen LogP contribution in [0.2, 0.25) is 0 Å². The molecule has 1 aromatic rings. The molecule has 2 atom stereocenters. The number of methoxy groups -OCH3 is 2. The second-order valence-corrected chi connectivity index (χ2v) is 8.12. The van der Waals surface area contributed by atoms with Crippen LogP contribution in [0.1, 0.15) is 96.8 Å². The number of phenolic OH excluding ortho intramolecular Hbond substituents is 1. The first-order chi connectivity index (χ1) is 14.7. The number of hydrogen-bond donors (Lipinski definition) is 2. The summed E-state index contributed by atoms with van der Waals surface area (Å²) in [6, 6.07) is 8.71. The Bertz CT molecular complexity index is 438. The maximum Gasteiger partial charge on any atom is 0.115 e. The molecule has 0 saturated carbocycles. The van der Waals surface area contributed by atoms with Crippen LogP contribution in [0.15, 0.2) is 30.3 Å². The number of benzene rings is 1. The molecular formula is C26H48O4. The highest BCUT2D eigenvalue weighted by Gasteiger charge is 2.15. The molecule has 1 aromatic carbocycles. The molecular weight excluding hydrogens is 376 g/mol. The zero-order valence-corrected chi connectivity index (χ0v) is 19.9. The van der Waals surface area contributed by atoms with Gasteiger partial charge in [-0.1, -0.05) is 95.8 Å². The Morgan fingerprint density at radius 1 is 0.700 bits per heavy atom. The van der Waals surface area contributed by atoms with Crippen LogP contribution in [0.25, 0.3) is 0 Å². The summed E-state index contributed by atoms with van der Waals surface area (Å²) < 4.78 is 10.9. The molecule has 0 aliphatic rings. The van der Waals surface area contributed by atoms with Crippen molar-refractivity contribution < 1.29 is 19.7 Å². The van der Waals surface area contributed by atoms with Crippen LogP contribution in [0, 0.1) is 0 Å². The van der Waals surface area contributed by atoms with Gasteiger partial charge in [-0.05, 0) is 31.4 Å². The Hall–Kier alpha value is -1.10. The van der Waals surface area contributed by atoms with Gasteiger partial charge in [0.15, 0.2) is 0 Å².